The number of rotatable bonds is 2. The van der Waals surface area contributed by atoms with Crippen molar-refractivity contribution in [2.75, 3.05) is 0 Å². The summed E-state index contributed by atoms with van der Waals surface area (Å²) in [5, 5.41) is 3.70. The van der Waals surface area contributed by atoms with Gasteiger partial charge in [-0.3, -0.25) is 14.6 Å². The van der Waals surface area contributed by atoms with E-state index >= 15 is 0 Å². The average Bonchev–Trinajstić information content (AvgIpc) is 3.05. The molecule has 142 valence electrons. The molecule has 0 spiro atoms. The molecule has 2 heterocycles. The van der Waals surface area contributed by atoms with Gasteiger partial charge in [-0.2, -0.15) is 0 Å². The van der Waals surface area contributed by atoms with Crippen LogP contribution >= 0.6 is 0 Å². The van der Waals surface area contributed by atoms with E-state index in [9.17, 15) is 9.59 Å². The highest BCUT2D eigenvalue weighted by Gasteiger charge is 2.32. The molecule has 2 unspecified atom stereocenters. The maximum atomic E-state index is 12.5. The summed E-state index contributed by atoms with van der Waals surface area (Å²) in [4.78, 5) is 34.8. The number of aromatic nitrogens is 2. The fourth-order valence-electron chi connectivity index (χ4n) is 3.26. The fourth-order valence-corrected chi connectivity index (χ4v) is 3.26. The van der Waals surface area contributed by atoms with Crippen molar-refractivity contribution in [1.82, 2.24) is 15.3 Å². The molecule has 0 bridgehead atoms. The van der Waals surface area contributed by atoms with Crippen molar-refractivity contribution in [3.8, 4) is 0 Å². The third kappa shape index (κ3) is 3.94. The molecule has 0 fully saturated rings. The quantitative estimate of drug-likeness (QED) is 0.731. The number of hydrogen-bond acceptors (Lipinski definition) is 4. The maximum absolute atomic E-state index is 12.5. The molecule has 0 aliphatic carbocycles. The molecule has 0 saturated carbocycles. The number of benzene rings is 1. The van der Waals surface area contributed by atoms with Gasteiger partial charge in [0.05, 0.1) is 18.4 Å². The molecule has 2 aromatic rings. The molecule has 0 radical (unpaired) electrons. The van der Waals surface area contributed by atoms with Gasteiger partial charge < -0.3 is 15.3 Å². The number of hydrogen-bond donors (Lipinski definition) is 3. The zero-order valence-electron chi connectivity index (χ0n) is 16.4. The first-order chi connectivity index (χ1) is 12.7. The highest BCUT2D eigenvalue weighted by atomic mass is 16.1. The minimum atomic E-state index is -0.332. The Hall–Kier alpha value is -2.89. The Kier molecular flexibility index (Phi) is 4.91. The van der Waals surface area contributed by atoms with Gasteiger partial charge in [0.1, 0.15) is 10.7 Å². The van der Waals surface area contributed by atoms with Gasteiger partial charge in [0.25, 0.3) is 11.1 Å². The van der Waals surface area contributed by atoms with Crippen molar-refractivity contribution >= 4 is 18.5 Å². The number of aliphatic imine (C=N–C) groups is 1. The van der Waals surface area contributed by atoms with E-state index in [1.165, 1.54) is 0 Å². The van der Waals surface area contributed by atoms with Crippen LogP contribution in [0.15, 0.2) is 32.8 Å². The Morgan fingerprint density at radius 3 is 2.41 bits per heavy atom. The first-order valence-electron chi connectivity index (χ1n) is 9.07. The Labute approximate surface area is 157 Å². The van der Waals surface area contributed by atoms with E-state index in [1.807, 2.05) is 32.0 Å². The van der Waals surface area contributed by atoms with Gasteiger partial charge >= 0.3 is 0 Å². The summed E-state index contributed by atoms with van der Waals surface area (Å²) in [5.41, 5.74) is 2.41. The second-order valence-corrected chi connectivity index (χ2v) is 8.11. The first kappa shape index (κ1) is 18.9. The largest absolute Gasteiger partial charge is 0.371 e. The molecule has 1 aliphatic heterocycles. The fraction of sp³-hybridized carbons (Fsp3) is 0.381. The Bertz CT molecular complexity index is 1120. The van der Waals surface area contributed by atoms with Crippen molar-refractivity contribution in [3.05, 3.63) is 66.3 Å². The van der Waals surface area contributed by atoms with Crippen LogP contribution in [0.25, 0.3) is 12.2 Å². The highest BCUT2D eigenvalue weighted by Crippen LogP contribution is 2.25. The van der Waals surface area contributed by atoms with E-state index in [4.69, 9.17) is 0 Å². The molecule has 6 nitrogen and oxygen atoms in total. The topological polar surface area (TPSA) is 90.1 Å². The van der Waals surface area contributed by atoms with Crippen LogP contribution < -0.4 is 27.1 Å². The summed E-state index contributed by atoms with van der Waals surface area (Å²) in [6.07, 6.45) is 5.08. The molecule has 3 rings (SSSR count). The summed E-state index contributed by atoms with van der Waals surface area (Å²) < 4.78 is 0. The number of nitrogens with one attached hydrogen (secondary N) is 3. The van der Waals surface area contributed by atoms with Gasteiger partial charge in [-0.1, -0.05) is 39.0 Å². The van der Waals surface area contributed by atoms with E-state index in [-0.39, 0.29) is 39.3 Å². The van der Waals surface area contributed by atoms with Crippen LogP contribution in [0, 0.1) is 19.3 Å². The second-order valence-electron chi connectivity index (χ2n) is 8.11. The van der Waals surface area contributed by atoms with Crippen molar-refractivity contribution in [3.63, 3.8) is 0 Å². The number of H-pyrrole nitrogens is 2. The van der Waals surface area contributed by atoms with E-state index in [0.29, 0.717) is 0 Å². The van der Waals surface area contributed by atoms with Gasteiger partial charge in [0.15, 0.2) is 0 Å². The lowest BCUT2D eigenvalue weighted by Gasteiger charge is -2.29. The maximum Gasteiger partial charge on any atom is 0.272 e. The number of aryl methyl sites for hydroxylation is 1. The third-order valence-electron chi connectivity index (χ3n) is 5.04. The van der Waals surface area contributed by atoms with Gasteiger partial charge in [0.2, 0.25) is 0 Å². The van der Waals surface area contributed by atoms with Crippen molar-refractivity contribution in [2.24, 2.45) is 10.4 Å². The molecule has 1 aromatic carbocycles. The monoisotopic (exact) mass is 366 g/mol. The molecule has 3 N–H and O–H groups in total. The molecule has 27 heavy (non-hydrogen) atoms. The third-order valence-corrected chi connectivity index (χ3v) is 5.04. The minimum Gasteiger partial charge on any atom is -0.371 e. The van der Waals surface area contributed by atoms with E-state index in [0.717, 1.165) is 16.7 Å². The zero-order chi connectivity index (χ0) is 19.8. The molecular weight excluding hydrogens is 340 g/mol. The van der Waals surface area contributed by atoms with Crippen molar-refractivity contribution < 1.29 is 0 Å². The van der Waals surface area contributed by atoms with Crippen LogP contribution in [-0.4, -0.2) is 28.4 Å². The van der Waals surface area contributed by atoms with Crippen LogP contribution in [-0.2, 0) is 0 Å². The van der Waals surface area contributed by atoms with Gasteiger partial charge in [-0.25, -0.2) is 0 Å². The van der Waals surface area contributed by atoms with E-state index < -0.39 is 0 Å². The Balaban J connectivity index is 2.08. The lowest BCUT2D eigenvalue weighted by atomic mass is 9.83. The van der Waals surface area contributed by atoms with E-state index in [1.54, 1.807) is 18.5 Å². The van der Waals surface area contributed by atoms with Crippen LogP contribution in [0.3, 0.4) is 0 Å². The molecule has 1 aromatic heterocycles. The molecular formula is C21H26N4O2. The summed E-state index contributed by atoms with van der Waals surface area (Å²) in [6, 6.07) is 5.71. The average molecular weight is 366 g/mol. The molecule has 0 amide bonds. The van der Waals surface area contributed by atoms with Crippen LogP contribution in [0.4, 0.5) is 0 Å². The van der Waals surface area contributed by atoms with Crippen molar-refractivity contribution in [2.45, 2.75) is 46.7 Å². The highest BCUT2D eigenvalue weighted by molar-refractivity contribution is 5.61. The van der Waals surface area contributed by atoms with Crippen molar-refractivity contribution in [1.29, 1.82) is 0 Å². The van der Waals surface area contributed by atoms with Crippen LogP contribution in [0.5, 0.6) is 0 Å². The molecule has 1 aliphatic rings. The first-order valence-corrected chi connectivity index (χ1v) is 9.07. The molecule has 2 atom stereocenters. The Morgan fingerprint density at radius 1 is 1.04 bits per heavy atom. The lowest BCUT2D eigenvalue weighted by Crippen LogP contribution is -2.49. The standard InChI is InChI=1S/C21H26N4O2/c1-12-7-6-8-14(13(12)2)9-16-19(26)25-17(20(27)24-16)10-15-18(21(3,4)5)23-11-22-15/h6-11,15,18H,1-5H3,(H,22,23)(H,24,27)(H,25,26)/b16-9-,17-10-. The second kappa shape index (κ2) is 7.02. The lowest BCUT2D eigenvalue weighted by molar-refractivity contribution is 0.297. The number of aromatic amines is 2. The Morgan fingerprint density at radius 2 is 1.70 bits per heavy atom. The van der Waals surface area contributed by atoms with Gasteiger partial charge in [0, 0.05) is 0 Å². The minimum absolute atomic E-state index is 0.0405. The molecule has 6 heteroatoms. The predicted octanol–water partition coefficient (Wildman–Crippen LogP) is 0.704. The van der Waals surface area contributed by atoms with E-state index in [2.05, 4.69) is 41.0 Å². The van der Waals surface area contributed by atoms with Gasteiger partial charge in [-0.05, 0) is 48.1 Å². The predicted molar refractivity (Wildman–Crippen MR) is 110 cm³/mol. The van der Waals surface area contributed by atoms with Gasteiger partial charge in [-0.15, -0.1) is 0 Å². The summed E-state index contributed by atoms with van der Waals surface area (Å²) in [7, 11) is 0. The summed E-state index contributed by atoms with van der Waals surface area (Å²) >= 11 is 0. The SMILES string of the molecule is Cc1cccc(/C=c2\[nH]c(=O)/c(=C/C3N=CNC3C(C)(C)C)[nH]c2=O)c1C. The number of nitrogens with zero attached hydrogens (tertiary/aromatic N) is 1. The molecule has 0 saturated heterocycles. The van der Waals surface area contributed by atoms with Crippen LogP contribution in [0.1, 0.15) is 37.5 Å². The summed E-state index contributed by atoms with van der Waals surface area (Å²) in [5.74, 6) is 0. The summed E-state index contributed by atoms with van der Waals surface area (Å²) in [6.45, 7) is 10.3. The smallest absolute Gasteiger partial charge is 0.272 e. The zero-order valence-corrected chi connectivity index (χ0v) is 16.4. The van der Waals surface area contributed by atoms with Crippen LogP contribution in [0.2, 0.25) is 0 Å². The normalized spacial score (nSPS) is 20.9.